The number of fused-ring (bicyclic) bond motifs is 1. The van der Waals surface area contributed by atoms with Crippen molar-refractivity contribution in [3.8, 4) is 11.3 Å². The third-order valence-corrected chi connectivity index (χ3v) is 6.99. The molecule has 0 spiro atoms. The Bertz CT molecular complexity index is 1390. The van der Waals surface area contributed by atoms with Crippen molar-refractivity contribution in [2.75, 3.05) is 11.9 Å². The molecule has 0 unspecified atom stereocenters. The topological polar surface area (TPSA) is 113 Å². The highest BCUT2D eigenvalue weighted by molar-refractivity contribution is 7.89. The van der Waals surface area contributed by atoms with Crippen LogP contribution >= 0.6 is 0 Å². The highest BCUT2D eigenvalue weighted by atomic mass is 32.2. The number of hydrogen-bond donors (Lipinski definition) is 2. The van der Waals surface area contributed by atoms with E-state index in [2.05, 4.69) is 20.3 Å². The summed E-state index contributed by atoms with van der Waals surface area (Å²) in [5.41, 5.74) is 3.98. The second-order valence-electron chi connectivity index (χ2n) is 7.53. The molecule has 9 nitrogen and oxygen atoms in total. The van der Waals surface area contributed by atoms with Gasteiger partial charge in [0.2, 0.25) is 0 Å². The largest absolute Gasteiger partial charge is 0.355 e. The van der Waals surface area contributed by atoms with Gasteiger partial charge in [0.15, 0.2) is 10.8 Å². The molecule has 1 aliphatic rings. The number of para-hydroxylation sites is 1. The number of hydrogen-bond acceptors (Lipinski definition) is 6. The molecule has 0 aliphatic carbocycles. The minimum Gasteiger partial charge on any atom is -0.355 e. The van der Waals surface area contributed by atoms with Crippen LogP contribution in [0.25, 0.3) is 11.3 Å². The van der Waals surface area contributed by atoms with Crippen molar-refractivity contribution < 1.29 is 13.2 Å². The predicted molar refractivity (Wildman–Crippen MR) is 119 cm³/mol. The molecule has 0 atom stereocenters. The molecule has 0 radical (unpaired) electrons. The van der Waals surface area contributed by atoms with Crippen molar-refractivity contribution in [2.24, 2.45) is 7.05 Å². The fourth-order valence-electron chi connectivity index (χ4n) is 3.80. The van der Waals surface area contributed by atoms with Crippen LogP contribution in [-0.4, -0.2) is 44.6 Å². The number of anilines is 2. The van der Waals surface area contributed by atoms with E-state index in [0.717, 1.165) is 15.6 Å². The molecule has 1 aromatic carbocycles. The van der Waals surface area contributed by atoms with Crippen molar-refractivity contribution in [3.05, 3.63) is 78.6 Å². The summed E-state index contributed by atoms with van der Waals surface area (Å²) in [7, 11) is -2.22. The molecule has 5 rings (SSSR count). The highest BCUT2D eigenvalue weighted by Crippen LogP contribution is 2.38. The molecule has 162 valence electrons. The molecule has 1 aliphatic heterocycles. The summed E-state index contributed by atoms with van der Waals surface area (Å²) in [6.45, 7) is -0.225. The van der Waals surface area contributed by atoms with E-state index in [0.29, 0.717) is 22.6 Å². The number of carbonyl (C=O) groups excluding carboxylic acids is 1. The maximum absolute atomic E-state index is 13.2. The Hall–Kier alpha value is -3.76. The van der Waals surface area contributed by atoms with Crippen LogP contribution in [0.15, 0.2) is 72.4 Å². The molecule has 2 N–H and O–H groups in total. The molecule has 0 saturated heterocycles. The first-order chi connectivity index (χ1) is 15.4. The zero-order chi connectivity index (χ0) is 22.3. The van der Waals surface area contributed by atoms with Crippen LogP contribution in [-0.2, 0) is 23.6 Å². The van der Waals surface area contributed by atoms with Gasteiger partial charge in [-0.25, -0.2) is 13.4 Å². The summed E-state index contributed by atoms with van der Waals surface area (Å²) in [4.78, 5) is 24.5. The predicted octanol–water partition coefficient (Wildman–Crippen LogP) is 2.94. The van der Waals surface area contributed by atoms with Crippen molar-refractivity contribution in [1.82, 2.24) is 23.8 Å². The van der Waals surface area contributed by atoms with Gasteiger partial charge in [0, 0.05) is 42.6 Å². The van der Waals surface area contributed by atoms with Gasteiger partial charge in [-0.2, -0.15) is 4.31 Å². The maximum Gasteiger partial charge on any atom is 0.262 e. The Morgan fingerprint density at radius 2 is 1.81 bits per heavy atom. The SMILES string of the molecule is Cn1cnc(S(=O)(=O)N2CC(=O)c3c([nH]c(-c4ccncc4)c3Nc3ccccc3)C2)c1. The first-order valence-electron chi connectivity index (χ1n) is 9.92. The van der Waals surface area contributed by atoms with E-state index >= 15 is 0 Å². The van der Waals surface area contributed by atoms with E-state index in [1.165, 1.54) is 12.5 Å². The Morgan fingerprint density at radius 3 is 2.50 bits per heavy atom. The summed E-state index contributed by atoms with van der Waals surface area (Å²) >= 11 is 0. The summed E-state index contributed by atoms with van der Waals surface area (Å²) < 4.78 is 28.8. The fourth-order valence-corrected chi connectivity index (χ4v) is 5.13. The zero-order valence-electron chi connectivity index (χ0n) is 17.2. The van der Waals surface area contributed by atoms with Gasteiger partial charge < -0.3 is 14.9 Å². The molecule has 3 aromatic heterocycles. The number of aromatic nitrogens is 4. The number of H-pyrrole nitrogens is 1. The first-order valence-corrected chi connectivity index (χ1v) is 11.4. The van der Waals surface area contributed by atoms with Gasteiger partial charge in [0.25, 0.3) is 10.0 Å². The third-order valence-electron chi connectivity index (χ3n) is 5.31. The lowest BCUT2D eigenvalue weighted by molar-refractivity contribution is 0.0950. The molecule has 0 bridgehead atoms. The molecular weight excluding hydrogens is 428 g/mol. The Labute approximate surface area is 184 Å². The first kappa shape index (κ1) is 20.2. The zero-order valence-corrected chi connectivity index (χ0v) is 18.0. The number of ketones is 1. The molecule has 10 heteroatoms. The number of imidazole rings is 1. The molecular formula is C22H20N6O3S. The van der Waals surface area contributed by atoms with Gasteiger partial charge in [-0.1, -0.05) is 18.2 Å². The van der Waals surface area contributed by atoms with E-state index in [-0.39, 0.29) is 23.9 Å². The van der Waals surface area contributed by atoms with E-state index in [9.17, 15) is 13.2 Å². The van der Waals surface area contributed by atoms with Gasteiger partial charge in [-0.3, -0.25) is 9.78 Å². The van der Waals surface area contributed by atoms with E-state index in [4.69, 9.17) is 0 Å². The second-order valence-corrected chi connectivity index (χ2v) is 9.41. The summed E-state index contributed by atoms with van der Waals surface area (Å²) in [6.07, 6.45) is 6.18. The number of aromatic amines is 1. The second kappa shape index (κ2) is 7.74. The number of carbonyl (C=O) groups is 1. The lowest BCUT2D eigenvalue weighted by atomic mass is 10.0. The Morgan fingerprint density at radius 1 is 1.06 bits per heavy atom. The molecule has 32 heavy (non-hydrogen) atoms. The van der Waals surface area contributed by atoms with Gasteiger partial charge >= 0.3 is 0 Å². The molecule has 0 amide bonds. The molecule has 0 saturated carbocycles. The van der Waals surface area contributed by atoms with Crippen LogP contribution in [0.3, 0.4) is 0 Å². The van der Waals surface area contributed by atoms with Crippen LogP contribution in [0, 0.1) is 0 Å². The average molecular weight is 449 g/mol. The Kier molecular flexibility index (Phi) is 4.87. The van der Waals surface area contributed by atoms with Crippen LogP contribution in [0.4, 0.5) is 11.4 Å². The lowest BCUT2D eigenvalue weighted by Crippen LogP contribution is -2.39. The van der Waals surface area contributed by atoms with Gasteiger partial charge in [0.1, 0.15) is 0 Å². The summed E-state index contributed by atoms with van der Waals surface area (Å²) in [5, 5.41) is 3.26. The van der Waals surface area contributed by atoms with E-state index in [1.54, 1.807) is 24.0 Å². The number of rotatable bonds is 5. The van der Waals surface area contributed by atoms with Crippen LogP contribution < -0.4 is 5.32 Å². The lowest BCUT2D eigenvalue weighted by Gasteiger charge is -2.25. The van der Waals surface area contributed by atoms with E-state index in [1.807, 2.05) is 42.5 Å². The van der Waals surface area contributed by atoms with Crippen molar-refractivity contribution in [1.29, 1.82) is 0 Å². The van der Waals surface area contributed by atoms with Crippen LogP contribution in [0.5, 0.6) is 0 Å². The molecule has 4 heterocycles. The number of Topliss-reactive ketones (excluding diaryl/α,β-unsaturated/α-hetero) is 1. The fraction of sp³-hybridized carbons (Fsp3) is 0.136. The number of nitrogens with one attached hydrogen (secondary N) is 2. The van der Waals surface area contributed by atoms with Gasteiger partial charge in [-0.15, -0.1) is 0 Å². The van der Waals surface area contributed by atoms with E-state index < -0.39 is 10.0 Å². The quantitative estimate of drug-likeness (QED) is 0.485. The van der Waals surface area contributed by atoms with Crippen molar-refractivity contribution >= 4 is 27.2 Å². The monoisotopic (exact) mass is 448 g/mol. The minimum atomic E-state index is -3.91. The van der Waals surface area contributed by atoms with Gasteiger partial charge in [0.05, 0.1) is 36.4 Å². The van der Waals surface area contributed by atoms with Crippen LogP contribution in [0.1, 0.15) is 16.1 Å². The molecule has 4 aromatic rings. The van der Waals surface area contributed by atoms with Gasteiger partial charge in [-0.05, 0) is 24.3 Å². The summed E-state index contributed by atoms with van der Waals surface area (Å²) in [5.74, 6) is -0.291. The maximum atomic E-state index is 13.2. The smallest absolute Gasteiger partial charge is 0.262 e. The van der Waals surface area contributed by atoms with Crippen LogP contribution in [0.2, 0.25) is 0 Å². The summed E-state index contributed by atoms with van der Waals surface area (Å²) in [6, 6.07) is 13.2. The third kappa shape index (κ3) is 3.49. The normalized spacial score (nSPS) is 14.3. The highest BCUT2D eigenvalue weighted by Gasteiger charge is 2.37. The average Bonchev–Trinajstić information content (AvgIpc) is 3.40. The number of benzene rings is 1. The van der Waals surface area contributed by atoms with Crippen molar-refractivity contribution in [2.45, 2.75) is 11.6 Å². The minimum absolute atomic E-state index is 0.0362. The number of sulfonamides is 1. The number of nitrogens with zero attached hydrogens (tertiary/aromatic N) is 4. The Balaban J connectivity index is 1.60. The number of aryl methyl sites for hydroxylation is 1. The standard InChI is InChI=1S/C22H20N6O3S/c1-27-13-19(24-14-27)32(30,31)28-11-17-20(18(29)12-28)22(25-16-5-3-2-4-6-16)21(26-17)15-7-9-23-10-8-15/h2-10,13-14,25-26H,11-12H2,1H3. The number of pyridine rings is 1. The molecule has 0 fully saturated rings. The van der Waals surface area contributed by atoms with Crippen molar-refractivity contribution in [3.63, 3.8) is 0 Å².